The number of alkyl halides is 51. The van der Waals surface area contributed by atoms with Crippen LogP contribution in [0.15, 0.2) is 15.5 Å². The largest absolute Gasteiger partial charge is 0.460 e. The van der Waals surface area contributed by atoms with E-state index in [1.54, 1.807) is 0 Å². The third-order valence-corrected chi connectivity index (χ3v) is 13.4. The molecule has 90 heavy (non-hydrogen) atoms. The predicted molar refractivity (Wildman–Crippen MR) is 188 cm³/mol. The molecule has 0 aliphatic rings. The topological polar surface area (TPSA) is 38.7 Å². The third kappa shape index (κ3) is 12.3. The Morgan fingerprint density at radius 1 is 0.167 bits per heavy atom. The lowest BCUT2D eigenvalue weighted by Gasteiger charge is -2.42. The van der Waals surface area contributed by atoms with E-state index in [4.69, 9.17) is 0 Å². The Morgan fingerprint density at radius 2 is 0.278 bits per heavy atom. The van der Waals surface area contributed by atoms with E-state index in [9.17, 15) is 224 Å². The summed E-state index contributed by atoms with van der Waals surface area (Å²) in [6, 6.07) is 0. The van der Waals surface area contributed by atoms with Crippen LogP contribution in [-0.2, 0) is 0 Å². The molecule has 0 saturated heterocycles. The first-order chi connectivity index (χ1) is 38.5. The first-order valence-corrected chi connectivity index (χ1v) is 23.2. The summed E-state index contributed by atoms with van der Waals surface area (Å²) in [7, 11) is 0. The number of rotatable bonds is 30. The lowest BCUT2D eigenvalue weighted by Crippen LogP contribution is -2.74. The van der Waals surface area contributed by atoms with E-state index in [0.717, 1.165) is 0 Å². The lowest BCUT2D eigenvalue weighted by atomic mass is 9.88. The van der Waals surface area contributed by atoms with Crippen LogP contribution in [0.2, 0.25) is 0 Å². The van der Waals surface area contributed by atoms with Gasteiger partial charge < -0.3 is 0 Å². The summed E-state index contributed by atoms with van der Waals surface area (Å²) < 4.78 is 697. The van der Waals surface area contributed by atoms with Crippen LogP contribution in [0.4, 0.5) is 224 Å². The van der Waals surface area contributed by atoms with Crippen molar-refractivity contribution < 1.29 is 224 Å². The van der Waals surface area contributed by atoms with E-state index in [1.165, 1.54) is 0 Å². The summed E-state index contributed by atoms with van der Waals surface area (Å²) in [4.78, 5) is 7.80. The molecule has 0 N–H and O–H groups in total. The molecule has 534 valence electrons. The normalized spacial score (nSPS) is 16.6. The third-order valence-electron chi connectivity index (χ3n) is 10.9. The molecule has 0 unspecified atom stereocenters. The van der Waals surface area contributed by atoms with Crippen LogP contribution in [0.1, 0.15) is 19.3 Å². The average molecular weight is 1520 g/mol. The summed E-state index contributed by atoms with van der Waals surface area (Å²) >= 11 is -3.90. The summed E-state index contributed by atoms with van der Waals surface area (Å²) in [5, 5.41) is -6.47. The summed E-state index contributed by atoms with van der Waals surface area (Å²) in [6.07, 6.45) is -35.6. The minimum Gasteiger partial charge on any atom is -0.200 e. The van der Waals surface area contributed by atoms with E-state index in [1.807, 2.05) is 0 Å². The molecule has 0 bridgehead atoms. The number of hydrogen-bond donors (Lipinski definition) is 0. The van der Waals surface area contributed by atoms with Crippen LogP contribution in [0, 0.1) is 0 Å². The molecule has 0 atom stereocenters. The van der Waals surface area contributed by atoms with Gasteiger partial charge in [0.05, 0.1) is 0 Å². The van der Waals surface area contributed by atoms with Gasteiger partial charge in [0.1, 0.15) is 0 Å². The van der Waals surface area contributed by atoms with Crippen molar-refractivity contribution in [3.63, 3.8) is 0 Å². The molecular weight excluding hydrogens is 1500 g/mol. The maximum absolute atomic E-state index is 14.5. The van der Waals surface area contributed by atoms with E-state index >= 15 is 0 Å². The van der Waals surface area contributed by atoms with Gasteiger partial charge in [-0.3, -0.25) is 0 Å². The molecule has 0 amide bonds. The summed E-state index contributed by atoms with van der Waals surface area (Å²) in [5.41, 5.74) is 0. The molecule has 1 rings (SSSR count). The zero-order valence-corrected chi connectivity index (χ0v) is 42.0. The Kier molecular flexibility index (Phi) is 22.0. The minimum atomic E-state index is -9.26. The van der Waals surface area contributed by atoms with E-state index in [2.05, 4.69) is 15.0 Å². The molecular formula is C33H12F51N3S3. The van der Waals surface area contributed by atoms with Crippen molar-refractivity contribution in [1.29, 1.82) is 0 Å². The van der Waals surface area contributed by atoms with Crippen molar-refractivity contribution in [2.75, 3.05) is 17.3 Å². The lowest BCUT2D eigenvalue weighted by molar-refractivity contribution is -0.461. The highest BCUT2D eigenvalue weighted by molar-refractivity contribution is 8.00. The Balaban J connectivity index is 4.01. The number of thioether (sulfide) groups is 3. The number of halogens is 51. The maximum Gasteiger partial charge on any atom is 0.460 e. The van der Waals surface area contributed by atoms with E-state index < -0.39 is 230 Å². The SMILES string of the molecule is FC(F)(F)C(F)(F)C(F)(F)C(F)(F)C(F)(F)C(F)(F)C(F)(F)C(F)(F)CCSc1nc(SCCC(F)(F)C(F)(F)C(F)(F)C(F)(F)C(F)(F)C(F)(F)C(F)(F)C(F)(F)F)nc(SCCC(F)(F)C(F)(F)C(F)(F)C(F)(F)C(F)(F)C(F)(F)C(F)(F)C(F)(F)F)n1. The van der Waals surface area contributed by atoms with Crippen molar-refractivity contribution in [2.24, 2.45) is 0 Å². The van der Waals surface area contributed by atoms with Crippen molar-refractivity contribution >= 4 is 35.3 Å². The average Bonchev–Trinajstić information content (AvgIpc) is 0.721. The quantitative estimate of drug-likeness (QED) is 0.0565. The van der Waals surface area contributed by atoms with Gasteiger partial charge in [-0.05, 0) is 0 Å². The molecule has 3 nitrogen and oxygen atoms in total. The van der Waals surface area contributed by atoms with Crippen molar-refractivity contribution in [2.45, 2.75) is 178 Å². The molecule has 0 aliphatic carbocycles. The number of nitrogens with zero attached hydrogens (tertiary/aromatic N) is 3. The second-order valence-electron chi connectivity index (χ2n) is 16.9. The highest BCUT2D eigenvalue weighted by atomic mass is 32.2. The van der Waals surface area contributed by atoms with Crippen molar-refractivity contribution in [3.05, 3.63) is 0 Å². The van der Waals surface area contributed by atoms with Crippen molar-refractivity contribution in [3.8, 4) is 0 Å². The van der Waals surface area contributed by atoms with Gasteiger partial charge in [-0.15, -0.1) is 0 Å². The number of hydrogen-bond acceptors (Lipinski definition) is 6. The Hall–Kier alpha value is -3.51. The van der Waals surface area contributed by atoms with Gasteiger partial charge in [0.2, 0.25) is 0 Å². The second-order valence-corrected chi connectivity index (χ2v) is 20.1. The molecule has 1 heterocycles. The maximum atomic E-state index is 14.5. The summed E-state index contributed by atoms with van der Waals surface area (Å²) in [6.45, 7) is 0. The van der Waals surface area contributed by atoms with Gasteiger partial charge in [0.15, 0.2) is 15.5 Å². The molecule has 1 aromatic rings. The molecule has 0 fully saturated rings. The molecule has 57 heteroatoms. The molecule has 0 aromatic carbocycles. The van der Waals surface area contributed by atoms with Crippen LogP contribution in [0.5, 0.6) is 0 Å². The van der Waals surface area contributed by atoms with E-state index in [-0.39, 0.29) is 0 Å². The minimum absolute atomic E-state index is 1.30. The smallest absolute Gasteiger partial charge is 0.200 e. The molecule has 0 saturated carbocycles. The summed E-state index contributed by atoms with van der Waals surface area (Å²) in [5.74, 6) is -192. The van der Waals surface area contributed by atoms with E-state index in [0.29, 0.717) is 0 Å². The first kappa shape index (κ1) is 84.5. The van der Waals surface area contributed by atoms with Crippen LogP contribution >= 0.6 is 35.3 Å². The van der Waals surface area contributed by atoms with Crippen LogP contribution < -0.4 is 0 Å². The standard InChI is InChI=1S/C33H12F51N3S3/c34-10(35,13(40,41)16(46,47)19(52,53)22(58,59)25(64,65)28(70,71)31(76,77)78)1-4-88-7-85-8(89-5-2-11(36,37)14(42,43)17(48,49)20(54,55)23(60,61)26(66,67)29(72,73)32(79,80)81)87-9(86-7)90-6-3-12(38,39)15(44,45)18(50,51)21(56,57)24(62,63)27(68,69)30(74,75)33(82,83)84/h1-6H2. The van der Waals surface area contributed by atoms with Gasteiger partial charge in [-0.25, -0.2) is 0 Å². The Bertz CT molecular complexity index is 2350. The zero-order chi connectivity index (χ0) is 73.2. The van der Waals surface area contributed by atoms with Crippen LogP contribution in [0.25, 0.3) is 0 Å². The predicted octanol–water partition coefficient (Wildman–Crippen LogP) is 19.3. The van der Waals surface area contributed by atoms with Gasteiger partial charge >= 0.3 is 143 Å². The highest BCUT2D eigenvalue weighted by Gasteiger charge is 2.98. The fourth-order valence-electron chi connectivity index (χ4n) is 5.39. The van der Waals surface area contributed by atoms with Gasteiger partial charge in [-0.1, -0.05) is 35.3 Å². The monoisotopic (exact) mass is 1510 g/mol. The van der Waals surface area contributed by atoms with Crippen LogP contribution in [-0.4, -0.2) is 175 Å². The first-order valence-electron chi connectivity index (χ1n) is 20.3. The zero-order valence-electron chi connectivity index (χ0n) is 39.6. The highest BCUT2D eigenvalue weighted by Crippen LogP contribution is 2.68. The molecule has 0 radical (unpaired) electrons. The van der Waals surface area contributed by atoms with Gasteiger partial charge in [-0.2, -0.15) is 239 Å². The fraction of sp³-hybridized carbons (Fsp3) is 0.909. The molecule has 0 spiro atoms. The number of aromatic nitrogens is 3. The van der Waals surface area contributed by atoms with Gasteiger partial charge in [0, 0.05) is 36.5 Å². The van der Waals surface area contributed by atoms with Gasteiger partial charge in [0.25, 0.3) is 0 Å². The molecule has 1 aromatic heterocycles. The fourth-order valence-corrected chi connectivity index (χ4v) is 8.09. The molecule has 0 aliphatic heterocycles. The van der Waals surface area contributed by atoms with Crippen LogP contribution in [0.3, 0.4) is 0 Å². The Morgan fingerprint density at radius 3 is 0.400 bits per heavy atom. The van der Waals surface area contributed by atoms with Crippen molar-refractivity contribution in [1.82, 2.24) is 15.0 Å². The Labute approximate surface area is 469 Å². The second kappa shape index (κ2) is 23.4.